The van der Waals surface area contributed by atoms with E-state index in [0.29, 0.717) is 6.01 Å². The van der Waals surface area contributed by atoms with Crippen LogP contribution in [0.5, 0.6) is 11.8 Å². The molecule has 0 atom stereocenters. The number of hydrogen-bond donors (Lipinski definition) is 1. The summed E-state index contributed by atoms with van der Waals surface area (Å²) in [5, 5.41) is 3.08. The van der Waals surface area contributed by atoms with E-state index in [1.165, 1.54) is 0 Å². The van der Waals surface area contributed by atoms with Crippen LogP contribution < -0.4 is 10.1 Å². The largest absolute Gasteiger partial charge is 0.424 e. The molecule has 2 aromatic rings. The Hall–Kier alpha value is -1.94. The normalized spacial score (nSPS) is 10.4. The van der Waals surface area contributed by atoms with Crippen molar-refractivity contribution in [1.82, 2.24) is 15.3 Å². The van der Waals surface area contributed by atoms with E-state index in [1.807, 2.05) is 45.2 Å². The summed E-state index contributed by atoms with van der Waals surface area (Å²) >= 11 is 0. The van der Waals surface area contributed by atoms with Gasteiger partial charge in [0.05, 0.1) is 0 Å². The van der Waals surface area contributed by atoms with E-state index in [4.69, 9.17) is 4.74 Å². The molecule has 0 aliphatic carbocycles. The number of nitrogens with zero attached hydrogens (tertiary/aromatic N) is 2. The molecule has 0 radical (unpaired) electrons. The second kappa shape index (κ2) is 5.60. The zero-order chi connectivity index (χ0) is 13.0. The lowest BCUT2D eigenvalue weighted by Gasteiger charge is -2.07. The minimum Gasteiger partial charge on any atom is -0.424 e. The van der Waals surface area contributed by atoms with Crippen LogP contribution >= 0.6 is 0 Å². The van der Waals surface area contributed by atoms with Crippen LogP contribution in [-0.2, 0) is 6.54 Å². The first-order valence-corrected chi connectivity index (χ1v) is 5.90. The first-order valence-electron chi connectivity index (χ1n) is 5.90. The molecule has 4 heteroatoms. The van der Waals surface area contributed by atoms with E-state index in [2.05, 4.69) is 15.3 Å². The first-order chi connectivity index (χ1) is 8.69. The lowest BCUT2D eigenvalue weighted by Crippen LogP contribution is -2.08. The van der Waals surface area contributed by atoms with Crippen LogP contribution in [0.2, 0.25) is 0 Å². The molecule has 0 fully saturated rings. The predicted octanol–water partition coefficient (Wildman–Crippen LogP) is 2.61. The van der Waals surface area contributed by atoms with Gasteiger partial charge in [-0.05, 0) is 38.6 Å². The van der Waals surface area contributed by atoms with Crippen molar-refractivity contribution in [2.75, 3.05) is 7.05 Å². The smallest absolute Gasteiger partial charge is 0.322 e. The van der Waals surface area contributed by atoms with E-state index in [1.54, 1.807) is 6.20 Å². The number of benzene rings is 1. The van der Waals surface area contributed by atoms with Crippen LogP contribution in [-0.4, -0.2) is 17.0 Å². The summed E-state index contributed by atoms with van der Waals surface area (Å²) in [6.07, 6.45) is 1.80. The number of aromatic nitrogens is 2. The molecule has 0 saturated carbocycles. The summed E-state index contributed by atoms with van der Waals surface area (Å²) < 4.78 is 5.63. The maximum absolute atomic E-state index is 5.63. The highest BCUT2D eigenvalue weighted by atomic mass is 16.5. The molecule has 0 aliphatic rings. The molecule has 1 N–H and O–H groups in total. The third kappa shape index (κ3) is 3.05. The summed E-state index contributed by atoms with van der Waals surface area (Å²) in [5.41, 5.74) is 3.16. The van der Waals surface area contributed by atoms with Crippen molar-refractivity contribution in [3.8, 4) is 11.8 Å². The molecule has 1 aromatic carbocycles. The van der Waals surface area contributed by atoms with E-state index in [-0.39, 0.29) is 0 Å². The Morgan fingerprint density at radius 3 is 2.78 bits per heavy atom. The molecule has 0 bridgehead atoms. The molecule has 18 heavy (non-hydrogen) atoms. The van der Waals surface area contributed by atoms with Gasteiger partial charge >= 0.3 is 6.01 Å². The molecular formula is C14H17N3O. The van der Waals surface area contributed by atoms with Crippen LogP contribution in [0.15, 0.2) is 30.5 Å². The van der Waals surface area contributed by atoms with E-state index < -0.39 is 0 Å². The molecule has 2 rings (SSSR count). The van der Waals surface area contributed by atoms with Crippen molar-refractivity contribution < 1.29 is 4.74 Å². The molecule has 0 unspecified atom stereocenters. The molecule has 1 heterocycles. The average molecular weight is 243 g/mol. The predicted molar refractivity (Wildman–Crippen MR) is 70.8 cm³/mol. The lowest BCUT2D eigenvalue weighted by atomic mass is 10.2. The minimum atomic E-state index is 0.387. The van der Waals surface area contributed by atoms with E-state index in [9.17, 15) is 0 Å². The van der Waals surface area contributed by atoms with E-state index in [0.717, 1.165) is 29.1 Å². The van der Waals surface area contributed by atoms with Crippen molar-refractivity contribution in [2.24, 2.45) is 0 Å². The highest BCUT2D eigenvalue weighted by Gasteiger charge is 2.04. The van der Waals surface area contributed by atoms with Gasteiger partial charge in [0.1, 0.15) is 5.75 Å². The topological polar surface area (TPSA) is 47.0 Å². The third-order valence-electron chi connectivity index (χ3n) is 2.62. The number of rotatable bonds is 4. The van der Waals surface area contributed by atoms with E-state index >= 15 is 0 Å². The summed E-state index contributed by atoms with van der Waals surface area (Å²) in [7, 11) is 1.90. The third-order valence-corrected chi connectivity index (χ3v) is 2.62. The number of hydrogen-bond acceptors (Lipinski definition) is 4. The Morgan fingerprint density at radius 2 is 2.11 bits per heavy atom. The van der Waals surface area contributed by atoms with Gasteiger partial charge in [0.15, 0.2) is 0 Å². The van der Waals surface area contributed by atoms with Crippen LogP contribution in [0, 0.1) is 13.8 Å². The Labute approximate surface area is 107 Å². The van der Waals surface area contributed by atoms with Crippen LogP contribution in [0.1, 0.15) is 16.8 Å². The van der Waals surface area contributed by atoms with Crippen molar-refractivity contribution >= 4 is 0 Å². The molecule has 0 aliphatic heterocycles. The maximum atomic E-state index is 5.63. The van der Waals surface area contributed by atoms with Gasteiger partial charge in [0, 0.05) is 24.0 Å². The van der Waals surface area contributed by atoms with Crippen LogP contribution in [0.25, 0.3) is 0 Å². The lowest BCUT2D eigenvalue weighted by molar-refractivity contribution is 0.439. The second-order valence-corrected chi connectivity index (χ2v) is 4.21. The van der Waals surface area contributed by atoms with Gasteiger partial charge < -0.3 is 10.1 Å². The fraction of sp³-hybridized carbons (Fsp3) is 0.286. The van der Waals surface area contributed by atoms with Crippen LogP contribution in [0.4, 0.5) is 0 Å². The van der Waals surface area contributed by atoms with Gasteiger partial charge in [-0.1, -0.05) is 12.1 Å². The summed E-state index contributed by atoms with van der Waals surface area (Å²) in [4.78, 5) is 8.55. The first kappa shape index (κ1) is 12.5. The highest BCUT2D eigenvalue weighted by Crippen LogP contribution is 2.19. The second-order valence-electron chi connectivity index (χ2n) is 4.21. The van der Waals surface area contributed by atoms with Crippen molar-refractivity contribution in [2.45, 2.75) is 20.4 Å². The SMILES string of the molecule is CNCc1cnc(Oc2cccc(C)c2)nc1C. The van der Waals surface area contributed by atoms with Crippen molar-refractivity contribution in [3.05, 3.63) is 47.3 Å². The summed E-state index contributed by atoms with van der Waals surface area (Å²) in [6.45, 7) is 4.74. The molecule has 0 spiro atoms. The molecule has 1 aromatic heterocycles. The standard InChI is InChI=1S/C14H17N3O/c1-10-5-4-6-13(7-10)18-14-16-9-12(8-15-3)11(2)17-14/h4-7,9,15H,8H2,1-3H3. The fourth-order valence-corrected chi connectivity index (χ4v) is 1.67. The van der Waals surface area contributed by atoms with Crippen molar-refractivity contribution in [1.29, 1.82) is 0 Å². The van der Waals surface area contributed by atoms with Gasteiger partial charge in [-0.2, -0.15) is 4.98 Å². The molecule has 94 valence electrons. The van der Waals surface area contributed by atoms with Gasteiger partial charge in [0.25, 0.3) is 0 Å². The summed E-state index contributed by atoms with van der Waals surface area (Å²) in [6, 6.07) is 8.22. The quantitative estimate of drug-likeness (QED) is 0.896. The number of aryl methyl sites for hydroxylation is 2. The molecule has 0 amide bonds. The number of nitrogens with one attached hydrogen (secondary N) is 1. The Balaban J connectivity index is 2.17. The Morgan fingerprint density at radius 1 is 1.28 bits per heavy atom. The van der Waals surface area contributed by atoms with Gasteiger partial charge in [-0.25, -0.2) is 4.98 Å². The maximum Gasteiger partial charge on any atom is 0.322 e. The van der Waals surface area contributed by atoms with Gasteiger partial charge in [-0.15, -0.1) is 0 Å². The molecule has 4 nitrogen and oxygen atoms in total. The van der Waals surface area contributed by atoms with Crippen molar-refractivity contribution in [3.63, 3.8) is 0 Å². The zero-order valence-corrected chi connectivity index (χ0v) is 10.9. The van der Waals surface area contributed by atoms with Gasteiger partial charge in [0.2, 0.25) is 0 Å². The highest BCUT2D eigenvalue weighted by molar-refractivity contribution is 5.30. The molecular weight excluding hydrogens is 226 g/mol. The number of ether oxygens (including phenoxy) is 1. The monoisotopic (exact) mass is 243 g/mol. The Bertz CT molecular complexity index is 540. The zero-order valence-electron chi connectivity index (χ0n) is 10.9. The average Bonchev–Trinajstić information content (AvgIpc) is 2.33. The fourth-order valence-electron chi connectivity index (χ4n) is 1.67. The molecule has 0 saturated heterocycles. The van der Waals surface area contributed by atoms with Crippen LogP contribution in [0.3, 0.4) is 0 Å². The minimum absolute atomic E-state index is 0.387. The Kier molecular flexibility index (Phi) is 3.89. The summed E-state index contributed by atoms with van der Waals surface area (Å²) in [5.74, 6) is 0.760. The van der Waals surface area contributed by atoms with Gasteiger partial charge in [-0.3, -0.25) is 0 Å².